The molecule has 2 heterocycles. The van der Waals surface area contributed by atoms with Crippen molar-refractivity contribution in [2.75, 3.05) is 6.61 Å². The smallest absolute Gasteiger partial charge is 0.339 e. The fraction of sp³-hybridized carbons (Fsp3) is 0.133. The second kappa shape index (κ2) is 10.9. The number of amides is 1. The molecule has 3 aromatic carbocycles. The van der Waals surface area contributed by atoms with Crippen LogP contribution in [0.5, 0.6) is 0 Å². The number of ketones is 1. The zero-order valence-corrected chi connectivity index (χ0v) is 21.2. The van der Waals surface area contributed by atoms with Crippen molar-refractivity contribution in [2.45, 2.75) is 19.4 Å². The number of nitrogens with zero attached hydrogens (tertiary/aromatic N) is 2. The molecule has 0 saturated carbocycles. The molecule has 0 unspecified atom stereocenters. The van der Waals surface area contributed by atoms with Gasteiger partial charge in [0.15, 0.2) is 12.4 Å². The molecule has 0 spiro atoms. The monoisotopic (exact) mass is 526 g/mol. The van der Waals surface area contributed by atoms with Crippen LogP contribution >= 0.6 is 11.6 Å². The summed E-state index contributed by atoms with van der Waals surface area (Å²) in [6, 6.07) is 23.6. The van der Waals surface area contributed by atoms with E-state index in [-0.39, 0.29) is 16.9 Å². The lowest BCUT2D eigenvalue weighted by atomic mass is 9.98. The Labute approximate surface area is 224 Å². The molecule has 1 atom stereocenters. The average Bonchev–Trinajstić information content (AvgIpc) is 3.63. The van der Waals surface area contributed by atoms with Gasteiger partial charge in [-0.15, -0.1) is 0 Å². The van der Waals surface area contributed by atoms with Gasteiger partial charge in [-0.3, -0.25) is 9.59 Å². The van der Waals surface area contributed by atoms with Crippen LogP contribution in [0.4, 0.5) is 0 Å². The Morgan fingerprint density at radius 2 is 1.66 bits per heavy atom. The summed E-state index contributed by atoms with van der Waals surface area (Å²) >= 11 is 6.01. The zero-order chi connectivity index (χ0) is 26.6. The first-order valence-corrected chi connectivity index (χ1v) is 12.3. The van der Waals surface area contributed by atoms with E-state index in [9.17, 15) is 14.4 Å². The SMILES string of the molecule is Cc1ccc(C(=O)c2ccccc2C(=O)OCC(=O)N2N=C(c3ccc(Cl)cc3)C[C@H]2c2ccco2)cc1. The molecule has 1 amide bonds. The van der Waals surface area contributed by atoms with Crippen LogP contribution in [0.3, 0.4) is 0 Å². The van der Waals surface area contributed by atoms with Crippen molar-refractivity contribution in [3.63, 3.8) is 0 Å². The molecule has 38 heavy (non-hydrogen) atoms. The fourth-order valence-electron chi connectivity index (χ4n) is 4.25. The van der Waals surface area contributed by atoms with Crippen LogP contribution in [-0.2, 0) is 9.53 Å². The van der Waals surface area contributed by atoms with Gasteiger partial charge in [0.2, 0.25) is 0 Å². The Morgan fingerprint density at radius 1 is 0.947 bits per heavy atom. The molecular formula is C30H23ClN2O5. The quantitative estimate of drug-likeness (QED) is 0.217. The van der Waals surface area contributed by atoms with E-state index in [1.54, 1.807) is 54.6 Å². The van der Waals surface area contributed by atoms with Crippen LogP contribution < -0.4 is 0 Å². The molecule has 8 heteroatoms. The Morgan fingerprint density at radius 3 is 2.34 bits per heavy atom. The van der Waals surface area contributed by atoms with Gasteiger partial charge in [0.25, 0.3) is 5.91 Å². The van der Waals surface area contributed by atoms with Crippen LogP contribution in [0.1, 0.15) is 55.6 Å². The Balaban J connectivity index is 1.33. The molecule has 1 aliphatic heterocycles. The summed E-state index contributed by atoms with van der Waals surface area (Å²) in [5.41, 5.74) is 3.25. The summed E-state index contributed by atoms with van der Waals surface area (Å²) in [5.74, 6) is -1.04. The van der Waals surface area contributed by atoms with E-state index in [2.05, 4.69) is 5.10 Å². The number of ether oxygens (including phenoxy) is 1. The molecule has 0 N–H and O–H groups in total. The lowest BCUT2D eigenvalue weighted by molar-refractivity contribution is -0.136. The van der Waals surface area contributed by atoms with Gasteiger partial charge in [0.1, 0.15) is 11.8 Å². The summed E-state index contributed by atoms with van der Waals surface area (Å²) in [7, 11) is 0. The van der Waals surface area contributed by atoms with Crippen LogP contribution in [-0.4, -0.2) is 35.0 Å². The van der Waals surface area contributed by atoms with Crippen molar-refractivity contribution >= 4 is 35.0 Å². The predicted octanol–water partition coefficient (Wildman–Crippen LogP) is 6.01. The van der Waals surface area contributed by atoms with Gasteiger partial charge in [-0.2, -0.15) is 5.10 Å². The number of aryl methyl sites for hydroxylation is 1. The minimum Gasteiger partial charge on any atom is -0.467 e. The number of furan rings is 1. The van der Waals surface area contributed by atoms with Crippen LogP contribution in [0.25, 0.3) is 0 Å². The Bertz CT molecular complexity index is 1510. The normalized spacial score (nSPS) is 14.7. The summed E-state index contributed by atoms with van der Waals surface area (Å²) in [6.07, 6.45) is 1.95. The van der Waals surface area contributed by atoms with Crippen molar-refractivity contribution in [1.82, 2.24) is 5.01 Å². The summed E-state index contributed by atoms with van der Waals surface area (Å²) in [4.78, 5) is 39.3. The van der Waals surface area contributed by atoms with Crippen molar-refractivity contribution < 1.29 is 23.5 Å². The molecule has 0 fully saturated rings. The van der Waals surface area contributed by atoms with Crippen LogP contribution in [0.2, 0.25) is 5.02 Å². The number of carbonyl (C=O) groups is 3. The maximum atomic E-state index is 13.2. The number of esters is 1. The maximum absolute atomic E-state index is 13.2. The highest BCUT2D eigenvalue weighted by atomic mass is 35.5. The lowest BCUT2D eigenvalue weighted by Crippen LogP contribution is -2.31. The van der Waals surface area contributed by atoms with E-state index in [0.717, 1.165) is 11.1 Å². The topological polar surface area (TPSA) is 89.2 Å². The van der Waals surface area contributed by atoms with Gasteiger partial charge in [0.05, 0.1) is 17.5 Å². The number of carbonyl (C=O) groups excluding carboxylic acids is 3. The third kappa shape index (κ3) is 5.28. The number of benzene rings is 3. The van der Waals surface area contributed by atoms with Crippen molar-refractivity contribution in [3.05, 3.63) is 130 Å². The molecule has 0 saturated heterocycles. The molecule has 7 nitrogen and oxygen atoms in total. The minimum atomic E-state index is -0.773. The predicted molar refractivity (Wildman–Crippen MR) is 142 cm³/mol. The van der Waals surface area contributed by atoms with E-state index in [1.165, 1.54) is 17.3 Å². The maximum Gasteiger partial charge on any atom is 0.339 e. The van der Waals surface area contributed by atoms with Gasteiger partial charge in [0, 0.05) is 22.6 Å². The molecule has 190 valence electrons. The molecule has 5 rings (SSSR count). The van der Waals surface area contributed by atoms with Gasteiger partial charge < -0.3 is 9.15 Å². The first-order chi connectivity index (χ1) is 18.4. The first-order valence-electron chi connectivity index (χ1n) is 12.0. The molecule has 1 aromatic heterocycles. The highest BCUT2D eigenvalue weighted by Crippen LogP contribution is 2.33. The van der Waals surface area contributed by atoms with Gasteiger partial charge in [-0.25, -0.2) is 9.80 Å². The number of hydrogen-bond donors (Lipinski definition) is 0. The number of hydrazone groups is 1. The number of hydrogen-bond acceptors (Lipinski definition) is 6. The van der Waals surface area contributed by atoms with Crippen LogP contribution in [0, 0.1) is 6.92 Å². The third-order valence-corrected chi connectivity index (χ3v) is 6.50. The fourth-order valence-corrected chi connectivity index (χ4v) is 4.38. The second-order valence-electron chi connectivity index (χ2n) is 8.84. The van der Waals surface area contributed by atoms with E-state index in [4.69, 9.17) is 20.8 Å². The minimum absolute atomic E-state index is 0.0836. The van der Waals surface area contributed by atoms with Gasteiger partial charge in [-0.05, 0) is 42.8 Å². The average molecular weight is 527 g/mol. The zero-order valence-electron chi connectivity index (χ0n) is 20.5. The molecule has 4 aromatic rings. The number of rotatable bonds is 7. The van der Waals surface area contributed by atoms with E-state index >= 15 is 0 Å². The Kier molecular flexibility index (Phi) is 7.20. The summed E-state index contributed by atoms with van der Waals surface area (Å²) in [5, 5.41) is 6.39. The standard InChI is InChI=1S/C30H23ClN2O5/c1-19-8-10-21(11-9-19)29(35)23-5-2-3-6-24(23)30(36)38-18-28(34)33-26(27-7-4-16-37-27)17-25(32-33)20-12-14-22(31)15-13-20/h2-16,26H,17-18H2,1H3/t26-/m0/s1. The molecule has 1 aliphatic rings. The van der Waals surface area contributed by atoms with E-state index in [1.807, 2.05) is 31.2 Å². The number of halogens is 1. The second-order valence-corrected chi connectivity index (χ2v) is 9.28. The Hall–Kier alpha value is -4.49. The van der Waals surface area contributed by atoms with E-state index in [0.29, 0.717) is 28.5 Å². The highest BCUT2D eigenvalue weighted by molar-refractivity contribution is 6.30. The molecule has 0 aliphatic carbocycles. The van der Waals surface area contributed by atoms with Crippen molar-refractivity contribution in [2.24, 2.45) is 5.10 Å². The first kappa shape index (κ1) is 25.2. The lowest BCUT2D eigenvalue weighted by Gasteiger charge is -2.19. The van der Waals surface area contributed by atoms with Crippen molar-refractivity contribution in [3.8, 4) is 0 Å². The van der Waals surface area contributed by atoms with Crippen LogP contribution in [0.15, 0.2) is 101 Å². The largest absolute Gasteiger partial charge is 0.467 e. The van der Waals surface area contributed by atoms with Gasteiger partial charge >= 0.3 is 5.97 Å². The van der Waals surface area contributed by atoms with Crippen molar-refractivity contribution in [1.29, 1.82) is 0 Å². The van der Waals surface area contributed by atoms with Gasteiger partial charge in [-0.1, -0.05) is 71.8 Å². The third-order valence-electron chi connectivity index (χ3n) is 6.25. The van der Waals surface area contributed by atoms with E-state index < -0.39 is 24.5 Å². The summed E-state index contributed by atoms with van der Waals surface area (Å²) in [6.45, 7) is 1.37. The molecular weight excluding hydrogens is 504 g/mol. The molecule has 0 bridgehead atoms. The summed E-state index contributed by atoms with van der Waals surface area (Å²) < 4.78 is 10.9. The molecule has 0 radical (unpaired) electrons. The highest BCUT2D eigenvalue weighted by Gasteiger charge is 2.35.